The lowest BCUT2D eigenvalue weighted by molar-refractivity contribution is -0.131. The first kappa shape index (κ1) is 15.8. The van der Waals surface area contributed by atoms with Crippen LogP contribution in [-0.2, 0) is 4.79 Å². The van der Waals surface area contributed by atoms with Crippen LogP contribution in [0.3, 0.4) is 0 Å². The highest BCUT2D eigenvalue weighted by molar-refractivity contribution is 5.91. The number of amides is 2. The highest BCUT2D eigenvalue weighted by Crippen LogP contribution is 2.26. The summed E-state index contributed by atoms with van der Waals surface area (Å²) in [6.45, 7) is 3.68. The van der Waals surface area contributed by atoms with Gasteiger partial charge in [0.1, 0.15) is 5.69 Å². The van der Waals surface area contributed by atoms with Crippen LogP contribution in [0.25, 0.3) is 0 Å². The molecule has 1 aromatic heterocycles. The molecule has 0 atom stereocenters. The molecule has 0 bridgehead atoms. The van der Waals surface area contributed by atoms with Crippen LogP contribution in [0.2, 0.25) is 0 Å². The number of carbonyl (C=O) groups is 2. The van der Waals surface area contributed by atoms with Gasteiger partial charge in [0.15, 0.2) is 0 Å². The number of rotatable bonds is 4. The van der Waals surface area contributed by atoms with Crippen LogP contribution in [0.1, 0.15) is 42.6 Å². The van der Waals surface area contributed by atoms with Gasteiger partial charge < -0.3 is 15.5 Å². The Morgan fingerprint density at radius 3 is 2.52 bits per heavy atom. The maximum Gasteiger partial charge on any atom is 0.267 e. The molecule has 0 aliphatic carbocycles. The van der Waals surface area contributed by atoms with Gasteiger partial charge in [-0.05, 0) is 43.7 Å². The summed E-state index contributed by atoms with van der Waals surface area (Å²) >= 11 is 0. The maximum absolute atomic E-state index is 12.2. The Bertz CT molecular complexity index is 576. The molecule has 3 heterocycles. The van der Waals surface area contributed by atoms with Gasteiger partial charge in [-0.25, -0.2) is 0 Å². The van der Waals surface area contributed by atoms with Crippen molar-refractivity contribution in [1.82, 2.24) is 9.88 Å². The van der Waals surface area contributed by atoms with Crippen LogP contribution < -0.4 is 10.6 Å². The fourth-order valence-corrected chi connectivity index (χ4v) is 3.49. The topological polar surface area (TPSA) is 79.5 Å². The molecule has 2 saturated heterocycles. The van der Waals surface area contributed by atoms with Crippen LogP contribution in [-0.4, -0.2) is 47.9 Å². The molecule has 0 saturated carbocycles. The van der Waals surface area contributed by atoms with E-state index in [4.69, 9.17) is 5.73 Å². The summed E-state index contributed by atoms with van der Waals surface area (Å²) in [4.78, 5) is 31.7. The molecule has 2 aliphatic heterocycles. The number of hydrogen-bond acceptors (Lipinski definition) is 4. The van der Waals surface area contributed by atoms with Crippen molar-refractivity contribution in [2.24, 2.45) is 11.7 Å². The molecule has 124 valence electrons. The lowest BCUT2D eigenvalue weighted by Gasteiger charge is -2.34. The number of carbonyl (C=O) groups excluding carboxylic acids is 2. The van der Waals surface area contributed by atoms with Gasteiger partial charge in [-0.3, -0.25) is 14.6 Å². The number of primary amides is 1. The van der Waals surface area contributed by atoms with Gasteiger partial charge in [-0.1, -0.05) is 0 Å². The van der Waals surface area contributed by atoms with Crippen molar-refractivity contribution < 1.29 is 9.59 Å². The average molecular weight is 316 g/mol. The van der Waals surface area contributed by atoms with Crippen molar-refractivity contribution in [2.45, 2.75) is 32.1 Å². The highest BCUT2D eigenvalue weighted by Gasteiger charge is 2.25. The molecule has 0 aromatic carbocycles. The number of hydrogen-bond donors (Lipinski definition) is 1. The van der Waals surface area contributed by atoms with Gasteiger partial charge in [0, 0.05) is 44.5 Å². The molecule has 2 N–H and O–H groups in total. The van der Waals surface area contributed by atoms with Crippen molar-refractivity contribution in [2.75, 3.05) is 31.1 Å². The first-order chi connectivity index (χ1) is 11.1. The van der Waals surface area contributed by atoms with Crippen LogP contribution in [0.4, 0.5) is 5.69 Å². The second kappa shape index (κ2) is 6.98. The predicted molar refractivity (Wildman–Crippen MR) is 88.1 cm³/mol. The third-order valence-corrected chi connectivity index (χ3v) is 4.90. The molecular weight excluding hydrogens is 292 g/mol. The van der Waals surface area contributed by atoms with Crippen molar-refractivity contribution in [3.05, 3.63) is 24.0 Å². The van der Waals surface area contributed by atoms with E-state index >= 15 is 0 Å². The van der Waals surface area contributed by atoms with Gasteiger partial charge in [0.25, 0.3) is 5.91 Å². The SMILES string of the molecule is NC(=O)c1cc(N2CCC(CC(=O)N3CCCC3)CC2)ccn1. The van der Waals surface area contributed by atoms with Gasteiger partial charge >= 0.3 is 0 Å². The van der Waals surface area contributed by atoms with Crippen molar-refractivity contribution in [3.8, 4) is 0 Å². The number of nitrogens with zero attached hydrogens (tertiary/aromatic N) is 3. The third kappa shape index (κ3) is 3.81. The van der Waals surface area contributed by atoms with E-state index in [2.05, 4.69) is 9.88 Å². The zero-order chi connectivity index (χ0) is 16.2. The van der Waals surface area contributed by atoms with Crippen molar-refractivity contribution in [1.29, 1.82) is 0 Å². The Balaban J connectivity index is 1.53. The summed E-state index contributed by atoms with van der Waals surface area (Å²) in [5.41, 5.74) is 6.57. The minimum atomic E-state index is -0.502. The summed E-state index contributed by atoms with van der Waals surface area (Å²) in [5, 5.41) is 0. The van der Waals surface area contributed by atoms with E-state index in [-0.39, 0.29) is 0 Å². The third-order valence-electron chi connectivity index (χ3n) is 4.90. The van der Waals surface area contributed by atoms with Crippen molar-refractivity contribution in [3.63, 3.8) is 0 Å². The quantitative estimate of drug-likeness (QED) is 0.911. The first-order valence-corrected chi connectivity index (χ1v) is 8.42. The Hall–Kier alpha value is -2.11. The van der Waals surface area contributed by atoms with Gasteiger partial charge in [-0.15, -0.1) is 0 Å². The smallest absolute Gasteiger partial charge is 0.267 e. The fraction of sp³-hybridized carbons (Fsp3) is 0.588. The second-order valence-electron chi connectivity index (χ2n) is 6.49. The number of anilines is 1. The maximum atomic E-state index is 12.2. The molecule has 2 amide bonds. The molecule has 6 nitrogen and oxygen atoms in total. The number of piperidine rings is 1. The molecule has 1 aromatic rings. The molecule has 6 heteroatoms. The Morgan fingerprint density at radius 2 is 1.87 bits per heavy atom. The van der Waals surface area contributed by atoms with Crippen LogP contribution in [0, 0.1) is 5.92 Å². The van der Waals surface area contributed by atoms with E-state index in [1.807, 2.05) is 11.0 Å². The fourth-order valence-electron chi connectivity index (χ4n) is 3.49. The lowest BCUT2D eigenvalue weighted by Crippen LogP contribution is -2.36. The molecule has 0 spiro atoms. The number of aromatic nitrogens is 1. The van der Waals surface area contributed by atoms with E-state index in [1.54, 1.807) is 12.3 Å². The first-order valence-electron chi connectivity index (χ1n) is 8.42. The monoisotopic (exact) mass is 316 g/mol. The number of likely N-dealkylation sites (tertiary alicyclic amines) is 1. The highest BCUT2D eigenvalue weighted by atomic mass is 16.2. The zero-order valence-corrected chi connectivity index (χ0v) is 13.4. The van der Waals surface area contributed by atoms with Crippen molar-refractivity contribution >= 4 is 17.5 Å². The van der Waals surface area contributed by atoms with Crippen LogP contribution in [0.5, 0.6) is 0 Å². The average Bonchev–Trinajstić information content (AvgIpc) is 3.10. The lowest BCUT2D eigenvalue weighted by atomic mass is 9.92. The minimum Gasteiger partial charge on any atom is -0.371 e. The second-order valence-corrected chi connectivity index (χ2v) is 6.49. The van der Waals surface area contributed by atoms with Crippen LogP contribution in [0.15, 0.2) is 18.3 Å². The van der Waals surface area contributed by atoms with Gasteiger partial charge in [-0.2, -0.15) is 0 Å². The summed E-state index contributed by atoms with van der Waals surface area (Å²) in [6.07, 6.45) is 6.61. The van der Waals surface area contributed by atoms with Gasteiger partial charge in [0.2, 0.25) is 5.91 Å². The van der Waals surface area contributed by atoms with E-state index in [9.17, 15) is 9.59 Å². The predicted octanol–water partition coefficient (Wildman–Crippen LogP) is 1.41. The molecule has 3 rings (SSSR count). The molecule has 0 unspecified atom stereocenters. The Morgan fingerprint density at radius 1 is 1.17 bits per heavy atom. The largest absolute Gasteiger partial charge is 0.371 e. The summed E-state index contributed by atoms with van der Waals surface area (Å²) in [5.74, 6) is 0.288. The summed E-state index contributed by atoms with van der Waals surface area (Å²) in [6, 6.07) is 3.65. The molecular formula is C17H24N4O2. The molecule has 2 fully saturated rings. The van der Waals surface area contributed by atoms with E-state index in [0.717, 1.165) is 57.5 Å². The van der Waals surface area contributed by atoms with E-state index in [1.165, 1.54) is 0 Å². The van der Waals surface area contributed by atoms with Gasteiger partial charge in [0.05, 0.1) is 0 Å². The minimum absolute atomic E-state index is 0.300. The Labute approximate surface area is 136 Å². The molecule has 0 radical (unpaired) electrons. The van der Waals surface area contributed by atoms with Crippen LogP contribution >= 0.6 is 0 Å². The number of nitrogens with two attached hydrogens (primary N) is 1. The Kier molecular flexibility index (Phi) is 4.79. The van der Waals surface area contributed by atoms with E-state index in [0.29, 0.717) is 23.9 Å². The normalized spacial score (nSPS) is 19.1. The standard InChI is InChI=1S/C17H24N4O2/c18-17(23)15-12-14(3-6-19-15)20-9-4-13(5-10-20)11-16(22)21-7-1-2-8-21/h3,6,12-13H,1-2,4-5,7-11H2,(H2,18,23). The molecule has 2 aliphatic rings. The zero-order valence-electron chi connectivity index (χ0n) is 13.4. The van der Waals surface area contributed by atoms with E-state index < -0.39 is 5.91 Å². The number of pyridine rings is 1. The summed E-state index contributed by atoms with van der Waals surface area (Å²) in [7, 11) is 0. The molecule has 23 heavy (non-hydrogen) atoms. The summed E-state index contributed by atoms with van der Waals surface area (Å²) < 4.78 is 0.